The predicted octanol–water partition coefficient (Wildman–Crippen LogP) is 2.15. The number of anilines is 1. The number of unbranched alkanes of at least 4 members (excludes halogenated alkanes) is 2. The van der Waals surface area contributed by atoms with Crippen LogP contribution in [0, 0.1) is 0 Å². The molecule has 24 heavy (non-hydrogen) atoms. The second-order valence-electron chi connectivity index (χ2n) is 6.43. The Labute approximate surface area is 146 Å². The van der Waals surface area contributed by atoms with Crippen LogP contribution in [0.5, 0.6) is 0 Å². The molecule has 1 aromatic carbocycles. The molecule has 136 valence electrons. The summed E-state index contributed by atoms with van der Waals surface area (Å²) < 4.78 is 24.5. The van der Waals surface area contributed by atoms with Gasteiger partial charge >= 0.3 is 0 Å². The molecule has 0 amide bonds. The highest BCUT2D eigenvalue weighted by Gasteiger charge is 2.19. The SMILES string of the molecule is CCCS(=O)(=O)c1cccc(N2CCN(CCCCCO)CC2)c1. The van der Waals surface area contributed by atoms with Crippen LogP contribution < -0.4 is 4.90 Å². The third-order valence-electron chi connectivity index (χ3n) is 4.52. The molecule has 6 heteroatoms. The molecule has 0 saturated carbocycles. The fourth-order valence-electron chi connectivity index (χ4n) is 3.11. The first-order chi connectivity index (χ1) is 11.6. The van der Waals surface area contributed by atoms with Gasteiger partial charge in [0.05, 0.1) is 10.6 Å². The minimum Gasteiger partial charge on any atom is -0.396 e. The number of aliphatic hydroxyl groups is 1. The van der Waals surface area contributed by atoms with Gasteiger partial charge in [0, 0.05) is 38.5 Å². The van der Waals surface area contributed by atoms with Gasteiger partial charge in [-0.15, -0.1) is 0 Å². The number of nitrogens with zero attached hydrogens (tertiary/aromatic N) is 2. The second-order valence-corrected chi connectivity index (χ2v) is 8.54. The Kier molecular flexibility index (Phi) is 7.52. The highest BCUT2D eigenvalue weighted by molar-refractivity contribution is 7.91. The van der Waals surface area contributed by atoms with Gasteiger partial charge in [0.1, 0.15) is 0 Å². The van der Waals surface area contributed by atoms with E-state index in [-0.39, 0.29) is 12.4 Å². The molecule has 1 aliphatic heterocycles. The fraction of sp³-hybridized carbons (Fsp3) is 0.667. The Morgan fingerprint density at radius 2 is 1.83 bits per heavy atom. The topological polar surface area (TPSA) is 60.9 Å². The van der Waals surface area contributed by atoms with E-state index in [2.05, 4.69) is 9.80 Å². The van der Waals surface area contributed by atoms with Gasteiger partial charge in [-0.3, -0.25) is 4.90 Å². The maximum atomic E-state index is 12.2. The molecule has 1 saturated heterocycles. The average Bonchev–Trinajstić information content (AvgIpc) is 2.59. The van der Waals surface area contributed by atoms with E-state index >= 15 is 0 Å². The molecular formula is C18H30N2O3S. The molecule has 1 aromatic rings. The molecule has 0 atom stereocenters. The molecule has 1 aliphatic rings. The molecule has 0 spiro atoms. The highest BCUT2D eigenvalue weighted by Crippen LogP contribution is 2.22. The molecule has 1 N–H and O–H groups in total. The zero-order chi connectivity index (χ0) is 17.4. The van der Waals surface area contributed by atoms with E-state index in [9.17, 15) is 8.42 Å². The maximum absolute atomic E-state index is 12.2. The summed E-state index contributed by atoms with van der Waals surface area (Å²) in [6.45, 7) is 7.12. The molecule has 1 heterocycles. The lowest BCUT2D eigenvalue weighted by molar-refractivity contribution is 0.242. The fourth-order valence-corrected chi connectivity index (χ4v) is 4.47. The number of rotatable bonds is 9. The van der Waals surface area contributed by atoms with Crippen LogP contribution in [0.2, 0.25) is 0 Å². The van der Waals surface area contributed by atoms with Crippen LogP contribution in [0.15, 0.2) is 29.2 Å². The quantitative estimate of drug-likeness (QED) is 0.689. The van der Waals surface area contributed by atoms with Gasteiger partial charge in [-0.1, -0.05) is 13.0 Å². The van der Waals surface area contributed by atoms with E-state index < -0.39 is 9.84 Å². The Hall–Kier alpha value is -1.11. The Morgan fingerprint density at radius 1 is 1.08 bits per heavy atom. The predicted molar refractivity (Wildman–Crippen MR) is 98.4 cm³/mol. The van der Waals surface area contributed by atoms with E-state index in [4.69, 9.17) is 5.11 Å². The van der Waals surface area contributed by atoms with Crippen molar-refractivity contribution in [2.75, 3.05) is 50.0 Å². The summed E-state index contributed by atoms with van der Waals surface area (Å²) in [4.78, 5) is 5.16. The lowest BCUT2D eigenvalue weighted by atomic mass is 10.2. The Balaban J connectivity index is 1.90. The van der Waals surface area contributed by atoms with Crippen LogP contribution in [0.3, 0.4) is 0 Å². The molecule has 1 fully saturated rings. The van der Waals surface area contributed by atoms with Crippen molar-refractivity contribution in [1.29, 1.82) is 0 Å². The third-order valence-corrected chi connectivity index (χ3v) is 6.44. The lowest BCUT2D eigenvalue weighted by Gasteiger charge is -2.36. The van der Waals surface area contributed by atoms with E-state index in [1.807, 2.05) is 25.1 Å². The third kappa shape index (κ3) is 5.46. The highest BCUT2D eigenvalue weighted by atomic mass is 32.2. The number of aliphatic hydroxyl groups excluding tert-OH is 1. The van der Waals surface area contributed by atoms with Gasteiger partial charge in [0.2, 0.25) is 0 Å². The molecule has 2 rings (SSSR count). The average molecular weight is 355 g/mol. The Bertz CT molecular complexity index is 596. The molecule has 0 radical (unpaired) electrons. The number of benzene rings is 1. The van der Waals surface area contributed by atoms with Crippen LogP contribution >= 0.6 is 0 Å². The summed E-state index contributed by atoms with van der Waals surface area (Å²) >= 11 is 0. The number of piperazine rings is 1. The second kappa shape index (κ2) is 9.39. The van der Waals surface area contributed by atoms with Crippen LogP contribution in [0.25, 0.3) is 0 Å². The smallest absolute Gasteiger partial charge is 0.178 e. The van der Waals surface area contributed by atoms with E-state index in [1.54, 1.807) is 6.07 Å². The van der Waals surface area contributed by atoms with Crippen molar-refractivity contribution in [3.05, 3.63) is 24.3 Å². The van der Waals surface area contributed by atoms with Crippen LogP contribution in [-0.2, 0) is 9.84 Å². The molecule has 0 bridgehead atoms. The monoisotopic (exact) mass is 354 g/mol. The zero-order valence-electron chi connectivity index (χ0n) is 14.7. The van der Waals surface area contributed by atoms with Crippen molar-refractivity contribution in [2.45, 2.75) is 37.5 Å². The minimum absolute atomic E-state index is 0.206. The molecular weight excluding hydrogens is 324 g/mol. The summed E-state index contributed by atoms with van der Waals surface area (Å²) in [6.07, 6.45) is 3.74. The first-order valence-electron chi connectivity index (χ1n) is 8.98. The Morgan fingerprint density at radius 3 is 2.50 bits per heavy atom. The maximum Gasteiger partial charge on any atom is 0.178 e. The number of hydrogen-bond donors (Lipinski definition) is 1. The van der Waals surface area contributed by atoms with Crippen molar-refractivity contribution in [2.24, 2.45) is 0 Å². The molecule has 0 unspecified atom stereocenters. The van der Waals surface area contributed by atoms with Crippen LogP contribution in [0.4, 0.5) is 5.69 Å². The van der Waals surface area contributed by atoms with Gasteiger partial charge in [0.15, 0.2) is 9.84 Å². The van der Waals surface area contributed by atoms with Crippen molar-refractivity contribution in [1.82, 2.24) is 4.90 Å². The van der Waals surface area contributed by atoms with Crippen molar-refractivity contribution >= 4 is 15.5 Å². The van der Waals surface area contributed by atoms with Gasteiger partial charge in [-0.05, 0) is 50.4 Å². The summed E-state index contributed by atoms with van der Waals surface area (Å²) in [5.74, 6) is 0.206. The van der Waals surface area contributed by atoms with Crippen LogP contribution in [0.1, 0.15) is 32.6 Å². The van der Waals surface area contributed by atoms with Crippen molar-refractivity contribution < 1.29 is 13.5 Å². The van der Waals surface area contributed by atoms with Gasteiger partial charge < -0.3 is 10.0 Å². The summed E-state index contributed by atoms with van der Waals surface area (Å²) in [6, 6.07) is 7.37. The minimum atomic E-state index is -3.16. The number of hydrogen-bond acceptors (Lipinski definition) is 5. The normalized spacial score (nSPS) is 16.5. The summed E-state index contributed by atoms with van der Waals surface area (Å²) in [5, 5.41) is 8.81. The molecule has 5 nitrogen and oxygen atoms in total. The van der Waals surface area contributed by atoms with Gasteiger partial charge in [0.25, 0.3) is 0 Å². The zero-order valence-corrected chi connectivity index (χ0v) is 15.5. The first kappa shape index (κ1) is 19.2. The molecule has 0 aliphatic carbocycles. The standard InChI is InChI=1S/C18H30N2O3S/c1-2-15-24(22,23)18-8-6-7-17(16-18)20-12-10-19(11-13-20)9-4-3-5-14-21/h6-8,16,21H,2-5,9-15H2,1H3. The van der Waals surface area contributed by atoms with Crippen molar-refractivity contribution in [3.8, 4) is 0 Å². The van der Waals surface area contributed by atoms with E-state index in [1.165, 1.54) is 0 Å². The van der Waals surface area contributed by atoms with Crippen LogP contribution in [-0.4, -0.2) is 63.5 Å². The van der Waals surface area contributed by atoms with E-state index in [0.717, 1.165) is 57.7 Å². The van der Waals surface area contributed by atoms with E-state index in [0.29, 0.717) is 11.3 Å². The van der Waals surface area contributed by atoms with Crippen molar-refractivity contribution in [3.63, 3.8) is 0 Å². The van der Waals surface area contributed by atoms with Gasteiger partial charge in [-0.2, -0.15) is 0 Å². The molecule has 0 aromatic heterocycles. The lowest BCUT2D eigenvalue weighted by Crippen LogP contribution is -2.46. The summed E-state index contributed by atoms with van der Waals surface area (Å²) in [7, 11) is -3.16. The van der Waals surface area contributed by atoms with Gasteiger partial charge in [-0.25, -0.2) is 8.42 Å². The first-order valence-corrected chi connectivity index (χ1v) is 10.6. The number of sulfone groups is 1. The largest absolute Gasteiger partial charge is 0.396 e. The summed E-state index contributed by atoms with van der Waals surface area (Å²) in [5.41, 5.74) is 1.01.